The summed E-state index contributed by atoms with van der Waals surface area (Å²) in [6.07, 6.45) is 1.44. The zero-order valence-corrected chi connectivity index (χ0v) is 18.8. The van der Waals surface area contributed by atoms with Crippen molar-refractivity contribution < 1.29 is 14.7 Å². The number of hydrogen-bond acceptors (Lipinski definition) is 6. The van der Waals surface area contributed by atoms with Crippen molar-refractivity contribution in [3.63, 3.8) is 0 Å². The van der Waals surface area contributed by atoms with E-state index in [1.54, 1.807) is 11.8 Å². The summed E-state index contributed by atoms with van der Waals surface area (Å²) >= 11 is 0. The van der Waals surface area contributed by atoms with E-state index >= 15 is 0 Å². The van der Waals surface area contributed by atoms with Crippen LogP contribution in [0.2, 0.25) is 0 Å². The molecule has 2 aromatic heterocycles. The van der Waals surface area contributed by atoms with Crippen molar-refractivity contribution in [1.29, 1.82) is 0 Å². The topological polar surface area (TPSA) is 110 Å². The zero-order chi connectivity index (χ0) is 22.4. The van der Waals surface area contributed by atoms with Crippen LogP contribution in [0, 0.1) is 13.8 Å². The number of aromatic amines is 1. The predicted octanol–water partition coefficient (Wildman–Crippen LogP) is 0.696. The molecule has 9 heteroatoms. The molecule has 3 N–H and O–H groups in total. The number of aryl methyl sites for hydroxylation is 2. The van der Waals surface area contributed by atoms with E-state index in [-0.39, 0.29) is 18.2 Å². The molecule has 0 aliphatic heterocycles. The van der Waals surface area contributed by atoms with Crippen molar-refractivity contribution in [2.75, 3.05) is 26.9 Å². The summed E-state index contributed by atoms with van der Waals surface area (Å²) in [7, 11) is 1.65. The number of aromatic nitrogens is 5. The molecule has 0 bridgehead atoms. The van der Waals surface area contributed by atoms with Crippen LogP contribution < -0.4 is 10.5 Å². The number of H-pyrrole nitrogens is 1. The average molecular weight is 430 g/mol. The maximum absolute atomic E-state index is 12.9. The van der Waals surface area contributed by atoms with Crippen molar-refractivity contribution in [3.05, 3.63) is 51.1 Å². The van der Waals surface area contributed by atoms with Crippen LogP contribution in [0.25, 0.3) is 10.9 Å². The highest BCUT2D eigenvalue weighted by molar-refractivity contribution is 5.80. The molecule has 3 aromatic rings. The van der Waals surface area contributed by atoms with Crippen molar-refractivity contribution in [2.45, 2.75) is 52.7 Å². The fourth-order valence-corrected chi connectivity index (χ4v) is 4.04. The molecule has 1 aromatic carbocycles. The molecule has 2 heterocycles. The number of nitrogens with one attached hydrogen (secondary N) is 2. The molecule has 0 aliphatic rings. The maximum Gasteiger partial charge on any atom is 0.257 e. The second-order valence-electron chi connectivity index (χ2n) is 8.02. The third-order valence-electron chi connectivity index (χ3n) is 5.89. The van der Waals surface area contributed by atoms with Crippen LogP contribution in [0.5, 0.6) is 0 Å². The molecule has 168 valence electrons. The Bertz CT molecular complexity index is 1060. The molecular formula is C22H33N6O3+. The van der Waals surface area contributed by atoms with Crippen molar-refractivity contribution in [3.8, 4) is 0 Å². The number of hydrogen-bond donors (Lipinski definition) is 3. The standard InChI is InChI=1S/C22H32N6O3/c1-5-20(21-24-25-26-28(21)8-10-31-4)27(7-6-9-29)14-18-13-17-11-15(2)16(3)12-19(17)23-22(18)30/h11-13,20,29H,5-10,14H2,1-4H3,(H,23,30)/p+1/t20-/m1/s1. The lowest BCUT2D eigenvalue weighted by Gasteiger charge is -2.27. The summed E-state index contributed by atoms with van der Waals surface area (Å²) in [6, 6.07) is 6.11. The summed E-state index contributed by atoms with van der Waals surface area (Å²) < 4.78 is 6.95. The second-order valence-corrected chi connectivity index (χ2v) is 8.02. The van der Waals surface area contributed by atoms with Gasteiger partial charge in [-0.1, -0.05) is 6.92 Å². The molecule has 9 nitrogen and oxygen atoms in total. The van der Waals surface area contributed by atoms with E-state index in [9.17, 15) is 9.90 Å². The number of quaternary nitrogens is 1. The van der Waals surface area contributed by atoms with Gasteiger partial charge in [0.1, 0.15) is 12.6 Å². The first kappa shape index (κ1) is 23.1. The van der Waals surface area contributed by atoms with Gasteiger partial charge >= 0.3 is 0 Å². The number of methoxy groups -OCH3 is 1. The van der Waals surface area contributed by atoms with Gasteiger partial charge in [0.2, 0.25) is 5.82 Å². The second kappa shape index (κ2) is 10.6. The Morgan fingerprint density at radius 2 is 2.03 bits per heavy atom. The molecule has 31 heavy (non-hydrogen) atoms. The van der Waals surface area contributed by atoms with Crippen LogP contribution in [-0.4, -0.2) is 57.2 Å². The van der Waals surface area contributed by atoms with E-state index in [2.05, 4.69) is 40.4 Å². The lowest BCUT2D eigenvalue weighted by atomic mass is 10.0. The molecular weight excluding hydrogens is 396 g/mol. The van der Waals surface area contributed by atoms with Gasteiger partial charge in [-0.2, -0.15) is 0 Å². The molecule has 1 unspecified atom stereocenters. The van der Waals surface area contributed by atoms with Crippen LogP contribution >= 0.6 is 0 Å². The first-order valence-electron chi connectivity index (χ1n) is 10.8. The predicted molar refractivity (Wildman–Crippen MR) is 118 cm³/mol. The molecule has 0 spiro atoms. The number of ether oxygens (including phenoxy) is 1. The zero-order valence-electron chi connectivity index (χ0n) is 18.8. The minimum absolute atomic E-state index is 0.00624. The number of aliphatic hydroxyl groups excluding tert-OH is 1. The van der Waals surface area contributed by atoms with Gasteiger partial charge in [-0.3, -0.25) is 4.79 Å². The minimum Gasteiger partial charge on any atom is -0.396 e. The fourth-order valence-electron chi connectivity index (χ4n) is 4.04. The van der Waals surface area contributed by atoms with Crippen molar-refractivity contribution in [1.82, 2.24) is 25.2 Å². The van der Waals surface area contributed by atoms with Crippen molar-refractivity contribution >= 4 is 10.9 Å². The first-order chi connectivity index (χ1) is 15.0. The number of pyridine rings is 1. The smallest absolute Gasteiger partial charge is 0.257 e. The normalized spacial score (nSPS) is 13.6. The Balaban J connectivity index is 1.95. The Kier molecular flexibility index (Phi) is 7.89. The monoisotopic (exact) mass is 429 g/mol. The Labute approximate surface area is 182 Å². The van der Waals surface area contributed by atoms with Crippen LogP contribution in [0.1, 0.15) is 48.3 Å². The molecule has 0 radical (unpaired) electrons. The highest BCUT2D eigenvalue weighted by atomic mass is 16.5. The van der Waals surface area contributed by atoms with Crippen LogP contribution in [0.4, 0.5) is 0 Å². The number of aliphatic hydroxyl groups is 1. The quantitative estimate of drug-likeness (QED) is 0.414. The number of tetrazole rings is 1. The maximum atomic E-state index is 12.9. The van der Waals surface area contributed by atoms with Gasteiger partial charge in [-0.25, -0.2) is 4.68 Å². The average Bonchev–Trinajstić information content (AvgIpc) is 3.21. The summed E-state index contributed by atoms with van der Waals surface area (Å²) in [4.78, 5) is 17.1. The Hall–Kier alpha value is -2.62. The lowest BCUT2D eigenvalue weighted by molar-refractivity contribution is -0.946. The lowest BCUT2D eigenvalue weighted by Crippen LogP contribution is -3.11. The fraction of sp³-hybridized carbons (Fsp3) is 0.545. The Morgan fingerprint density at radius 3 is 2.74 bits per heavy atom. The Morgan fingerprint density at radius 1 is 1.26 bits per heavy atom. The van der Waals surface area contributed by atoms with E-state index < -0.39 is 0 Å². The molecule has 3 rings (SSSR count). The van der Waals surface area contributed by atoms with Gasteiger partial charge in [0, 0.05) is 32.1 Å². The first-order valence-corrected chi connectivity index (χ1v) is 10.8. The molecule has 0 amide bonds. The molecule has 0 aliphatic carbocycles. The van der Waals surface area contributed by atoms with Crippen LogP contribution in [0.3, 0.4) is 0 Å². The highest BCUT2D eigenvalue weighted by Gasteiger charge is 2.29. The largest absolute Gasteiger partial charge is 0.396 e. The van der Waals surface area contributed by atoms with Gasteiger partial charge in [0.05, 0.1) is 25.3 Å². The third kappa shape index (κ3) is 5.36. The number of nitrogens with zero attached hydrogens (tertiary/aromatic N) is 4. The van der Waals surface area contributed by atoms with Gasteiger partial charge in [-0.15, -0.1) is 5.10 Å². The summed E-state index contributed by atoms with van der Waals surface area (Å²) in [5.74, 6) is 0.774. The summed E-state index contributed by atoms with van der Waals surface area (Å²) in [5.41, 5.74) is 3.84. The molecule has 0 fully saturated rings. The minimum atomic E-state index is -0.0777. The molecule has 0 saturated heterocycles. The summed E-state index contributed by atoms with van der Waals surface area (Å²) in [6.45, 7) is 8.62. The van der Waals surface area contributed by atoms with E-state index in [4.69, 9.17) is 4.74 Å². The SMILES string of the molecule is CC[C@H](c1nnnn1CCOC)[NH+](CCCO)Cc1cc2cc(C)c(C)cc2[nH]c1=O. The van der Waals surface area contributed by atoms with Gasteiger partial charge in [0.25, 0.3) is 5.56 Å². The summed E-state index contributed by atoms with van der Waals surface area (Å²) in [5, 5.41) is 22.7. The third-order valence-corrected chi connectivity index (χ3v) is 5.89. The van der Waals surface area contributed by atoms with Gasteiger partial charge < -0.3 is 19.7 Å². The van der Waals surface area contributed by atoms with E-state index in [1.165, 1.54) is 5.56 Å². The van der Waals surface area contributed by atoms with Crippen LogP contribution in [-0.2, 0) is 17.8 Å². The highest BCUT2D eigenvalue weighted by Crippen LogP contribution is 2.17. The van der Waals surface area contributed by atoms with Gasteiger partial charge in [0.15, 0.2) is 0 Å². The van der Waals surface area contributed by atoms with Crippen molar-refractivity contribution in [2.24, 2.45) is 0 Å². The van der Waals surface area contributed by atoms with E-state index in [0.717, 1.165) is 39.2 Å². The number of fused-ring (bicyclic) bond motifs is 1. The van der Waals surface area contributed by atoms with E-state index in [0.29, 0.717) is 32.7 Å². The number of benzene rings is 1. The van der Waals surface area contributed by atoms with Gasteiger partial charge in [-0.05, 0) is 59.0 Å². The molecule has 2 atom stereocenters. The molecule has 0 saturated carbocycles. The van der Waals surface area contributed by atoms with E-state index in [1.807, 2.05) is 19.1 Å². The number of rotatable bonds is 11. The van der Waals surface area contributed by atoms with Crippen LogP contribution in [0.15, 0.2) is 23.0 Å².